The van der Waals surface area contributed by atoms with E-state index < -0.39 is 46.3 Å². The molecule has 1 unspecified atom stereocenters. The zero-order valence-electron chi connectivity index (χ0n) is 11.3. The van der Waals surface area contributed by atoms with E-state index in [1.165, 1.54) is 0 Å². The largest absolute Gasteiger partial charge is 0.408 e. The van der Waals surface area contributed by atoms with Gasteiger partial charge in [0.1, 0.15) is 17.4 Å². The third-order valence-corrected chi connectivity index (χ3v) is 4.01. The van der Waals surface area contributed by atoms with Gasteiger partial charge in [-0.3, -0.25) is 4.79 Å². The zero-order valence-corrected chi connectivity index (χ0v) is 12.1. The van der Waals surface area contributed by atoms with Crippen molar-refractivity contribution in [3.63, 3.8) is 0 Å². The molecule has 8 heteroatoms. The fourth-order valence-electron chi connectivity index (χ4n) is 2.77. The molecule has 1 aliphatic carbocycles. The highest BCUT2D eigenvalue weighted by atomic mass is 35.5. The van der Waals surface area contributed by atoms with Gasteiger partial charge in [-0.2, -0.15) is 13.2 Å². The Kier molecular flexibility index (Phi) is 4.94. The topological polar surface area (TPSA) is 29.1 Å². The van der Waals surface area contributed by atoms with E-state index in [0.717, 1.165) is 6.07 Å². The molecule has 0 radical (unpaired) electrons. The number of anilines is 1. The summed E-state index contributed by atoms with van der Waals surface area (Å²) >= 11 is 5.07. The molecule has 0 amide bonds. The Balaban J connectivity index is 2.34. The first-order valence-corrected chi connectivity index (χ1v) is 7.10. The average Bonchev–Trinajstić information content (AvgIpc) is 2.89. The summed E-state index contributed by atoms with van der Waals surface area (Å²) in [5.74, 6) is -3.31. The molecule has 1 N–H and O–H groups in total. The van der Waals surface area contributed by atoms with Crippen molar-refractivity contribution >= 4 is 22.5 Å². The zero-order chi connectivity index (χ0) is 16.5. The number of carbonyl (C=O) groups is 1. The van der Waals surface area contributed by atoms with Gasteiger partial charge in [0.05, 0.1) is 5.69 Å². The SMILES string of the molecule is O=C(Cl)c1c(F)ccc(NC(C2CCCC2)C(F)(F)F)c1F. The summed E-state index contributed by atoms with van der Waals surface area (Å²) in [6.45, 7) is 0. The Hall–Kier alpha value is -1.37. The van der Waals surface area contributed by atoms with Gasteiger partial charge in [-0.05, 0) is 42.5 Å². The Morgan fingerprint density at radius 2 is 1.82 bits per heavy atom. The molecule has 0 spiro atoms. The molecular weight excluding hydrogens is 329 g/mol. The number of hydrogen-bond donors (Lipinski definition) is 1. The third-order valence-electron chi connectivity index (χ3n) is 3.82. The number of nitrogens with one attached hydrogen (secondary N) is 1. The van der Waals surface area contributed by atoms with Gasteiger partial charge in [0, 0.05) is 0 Å². The Bertz CT molecular complexity index is 569. The fourth-order valence-corrected chi connectivity index (χ4v) is 2.94. The molecule has 2 rings (SSSR count). The molecule has 0 bridgehead atoms. The van der Waals surface area contributed by atoms with E-state index in [1.807, 2.05) is 0 Å². The van der Waals surface area contributed by atoms with Gasteiger partial charge in [-0.25, -0.2) is 8.78 Å². The predicted molar refractivity (Wildman–Crippen MR) is 72.0 cm³/mol. The van der Waals surface area contributed by atoms with Gasteiger partial charge in [0.2, 0.25) is 0 Å². The van der Waals surface area contributed by atoms with Crippen LogP contribution in [0, 0.1) is 17.6 Å². The summed E-state index contributed by atoms with van der Waals surface area (Å²) in [6.07, 6.45) is -2.48. The molecule has 22 heavy (non-hydrogen) atoms. The third kappa shape index (κ3) is 3.51. The monoisotopic (exact) mass is 341 g/mol. The van der Waals surface area contributed by atoms with Crippen LogP contribution in [0.1, 0.15) is 36.0 Å². The minimum atomic E-state index is -4.58. The average molecular weight is 342 g/mol. The first-order chi connectivity index (χ1) is 10.2. The molecule has 1 saturated carbocycles. The van der Waals surface area contributed by atoms with Crippen LogP contribution >= 0.6 is 11.6 Å². The second kappa shape index (κ2) is 6.40. The summed E-state index contributed by atoms with van der Waals surface area (Å²) in [7, 11) is 0. The van der Waals surface area contributed by atoms with Crippen molar-refractivity contribution in [1.29, 1.82) is 0 Å². The summed E-state index contributed by atoms with van der Waals surface area (Å²) in [6, 6.07) is -0.404. The van der Waals surface area contributed by atoms with E-state index in [4.69, 9.17) is 11.6 Å². The number of halogens is 6. The van der Waals surface area contributed by atoms with Crippen LogP contribution in [-0.4, -0.2) is 17.5 Å². The van der Waals surface area contributed by atoms with Crippen molar-refractivity contribution in [2.45, 2.75) is 37.9 Å². The van der Waals surface area contributed by atoms with Crippen molar-refractivity contribution in [1.82, 2.24) is 0 Å². The number of rotatable bonds is 4. The molecule has 0 aliphatic heterocycles. The minimum Gasteiger partial charge on any atom is -0.371 e. The lowest BCUT2D eigenvalue weighted by Gasteiger charge is -2.28. The highest BCUT2D eigenvalue weighted by Crippen LogP contribution is 2.38. The number of benzene rings is 1. The van der Waals surface area contributed by atoms with Crippen molar-refractivity contribution in [2.75, 3.05) is 5.32 Å². The highest BCUT2D eigenvalue weighted by molar-refractivity contribution is 6.67. The second-order valence-electron chi connectivity index (χ2n) is 5.27. The van der Waals surface area contributed by atoms with E-state index in [9.17, 15) is 26.7 Å². The van der Waals surface area contributed by atoms with Crippen LogP contribution in [0.15, 0.2) is 12.1 Å². The lowest BCUT2D eigenvalue weighted by Crippen LogP contribution is -2.42. The maximum Gasteiger partial charge on any atom is 0.408 e. The maximum absolute atomic E-state index is 14.0. The van der Waals surface area contributed by atoms with Crippen molar-refractivity contribution in [2.24, 2.45) is 5.92 Å². The van der Waals surface area contributed by atoms with Crippen LogP contribution in [0.25, 0.3) is 0 Å². The van der Waals surface area contributed by atoms with Gasteiger partial charge in [0.15, 0.2) is 5.82 Å². The highest BCUT2D eigenvalue weighted by Gasteiger charge is 2.45. The molecule has 1 atom stereocenters. The quantitative estimate of drug-likeness (QED) is 0.625. The van der Waals surface area contributed by atoms with Crippen LogP contribution < -0.4 is 5.32 Å². The van der Waals surface area contributed by atoms with Crippen LogP contribution in [0.2, 0.25) is 0 Å². The van der Waals surface area contributed by atoms with Crippen LogP contribution in [-0.2, 0) is 0 Å². The molecule has 0 aromatic heterocycles. The van der Waals surface area contributed by atoms with Crippen LogP contribution in [0.4, 0.5) is 27.6 Å². The van der Waals surface area contributed by atoms with Gasteiger partial charge in [0.25, 0.3) is 5.24 Å². The molecule has 0 heterocycles. The van der Waals surface area contributed by atoms with Gasteiger partial charge >= 0.3 is 6.18 Å². The number of carbonyl (C=O) groups excluding carboxylic acids is 1. The smallest absolute Gasteiger partial charge is 0.371 e. The van der Waals surface area contributed by atoms with E-state index in [-0.39, 0.29) is 0 Å². The molecule has 2 nitrogen and oxygen atoms in total. The Morgan fingerprint density at radius 1 is 1.23 bits per heavy atom. The maximum atomic E-state index is 14.0. The first kappa shape index (κ1) is 17.0. The second-order valence-corrected chi connectivity index (χ2v) is 5.61. The molecule has 122 valence electrons. The van der Waals surface area contributed by atoms with E-state index in [2.05, 4.69) is 5.32 Å². The lowest BCUT2D eigenvalue weighted by atomic mass is 9.97. The van der Waals surface area contributed by atoms with Crippen molar-refractivity contribution < 1.29 is 26.7 Å². The van der Waals surface area contributed by atoms with Gasteiger partial charge in [-0.15, -0.1) is 0 Å². The van der Waals surface area contributed by atoms with Gasteiger partial charge < -0.3 is 5.32 Å². The summed E-state index contributed by atoms with van der Waals surface area (Å²) in [5.41, 5.74) is -1.64. The normalized spacial score (nSPS) is 17.5. The van der Waals surface area contributed by atoms with E-state index >= 15 is 0 Å². The molecular formula is C14H13ClF5NO. The molecule has 0 saturated heterocycles. The Morgan fingerprint density at radius 3 is 2.32 bits per heavy atom. The molecule has 1 aromatic carbocycles. The number of alkyl halides is 3. The summed E-state index contributed by atoms with van der Waals surface area (Å²) in [4.78, 5) is 11.0. The molecule has 1 aliphatic rings. The predicted octanol–water partition coefficient (Wildman–Crippen LogP) is 4.88. The van der Waals surface area contributed by atoms with E-state index in [0.29, 0.717) is 31.7 Å². The summed E-state index contributed by atoms with van der Waals surface area (Å²) < 4.78 is 66.9. The molecule has 1 fully saturated rings. The Labute approximate surface area is 128 Å². The summed E-state index contributed by atoms with van der Waals surface area (Å²) in [5, 5.41) is 0.674. The number of hydrogen-bond acceptors (Lipinski definition) is 2. The van der Waals surface area contributed by atoms with Crippen LogP contribution in [0.3, 0.4) is 0 Å². The first-order valence-electron chi connectivity index (χ1n) is 6.73. The van der Waals surface area contributed by atoms with E-state index in [1.54, 1.807) is 0 Å². The van der Waals surface area contributed by atoms with Crippen LogP contribution in [0.5, 0.6) is 0 Å². The molecule has 1 aromatic rings. The standard InChI is InChI=1S/C14H13ClF5NO/c15-13(22)10-8(16)5-6-9(11(10)17)21-12(14(18,19)20)7-3-1-2-4-7/h5-7,12,21H,1-4H2. The van der Waals surface area contributed by atoms with Crippen molar-refractivity contribution in [3.05, 3.63) is 29.3 Å². The minimum absolute atomic E-state index is 0.376. The lowest BCUT2D eigenvalue weighted by molar-refractivity contribution is -0.152. The fraction of sp³-hybridized carbons (Fsp3) is 0.500. The van der Waals surface area contributed by atoms with Crippen molar-refractivity contribution in [3.8, 4) is 0 Å². The van der Waals surface area contributed by atoms with Gasteiger partial charge in [-0.1, -0.05) is 12.8 Å².